The van der Waals surface area contributed by atoms with E-state index in [1.807, 2.05) is 0 Å². The highest BCUT2D eigenvalue weighted by Gasteiger charge is 2.41. The molecule has 1 aromatic rings. The van der Waals surface area contributed by atoms with Gasteiger partial charge in [0.05, 0.1) is 4.90 Å². The first-order valence-corrected chi connectivity index (χ1v) is 8.65. The number of nitrogens with zero attached hydrogens (tertiary/aromatic N) is 1. The third-order valence-electron chi connectivity index (χ3n) is 4.57. The van der Waals surface area contributed by atoms with Crippen LogP contribution in [0.5, 0.6) is 0 Å². The first-order chi connectivity index (χ1) is 9.63. The summed E-state index contributed by atoms with van der Waals surface area (Å²) >= 11 is 0. The molecule has 0 spiro atoms. The van der Waals surface area contributed by atoms with Gasteiger partial charge in [-0.2, -0.15) is 4.31 Å². The van der Waals surface area contributed by atoms with E-state index >= 15 is 0 Å². The van der Waals surface area contributed by atoms with E-state index in [1.54, 1.807) is 28.6 Å². The summed E-state index contributed by atoms with van der Waals surface area (Å²) in [5.41, 5.74) is 3.22. The topological polar surface area (TPSA) is 75.4 Å². The Hall–Kier alpha value is -1.11. The fourth-order valence-corrected chi connectivity index (χ4v) is 5.32. The van der Waals surface area contributed by atoms with Gasteiger partial charge in [-0.25, -0.2) is 8.42 Å². The number of piperidine rings is 1. The summed E-state index contributed by atoms with van der Waals surface area (Å²) in [6, 6.07) is 6.86. The Morgan fingerprint density at radius 3 is 2.50 bits per heavy atom. The van der Waals surface area contributed by atoms with E-state index in [0.717, 1.165) is 19.3 Å². The molecule has 1 saturated carbocycles. The molecule has 1 heterocycles. The Bertz CT molecular complexity index is 571. The summed E-state index contributed by atoms with van der Waals surface area (Å²) in [5.74, 6) is 5.87. The van der Waals surface area contributed by atoms with E-state index in [1.165, 1.54) is 12.8 Å². The molecule has 1 aromatic carbocycles. The maximum absolute atomic E-state index is 12.8. The second-order valence-electron chi connectivity index (χ2n) is 5.69. The Balaban J connectivity index is 1.89. The predicted molar refractivity (Wildman–Crippen MR) is 78.5 cm³/mol. The molecule has 1 aliphatic heterocycles. The number of fused-ring (bicyclic) bond motifs is 1. The molecule has 0 amide bonds. The Labute approximate surface area is 120 Å². The van der Waals surface area contributed by atoms with E-state index in [4.69, 9.17) is 5.84 Å². The predicted octanol–water partition coefficient (Wildman–Crippen LogP) is 1.93. The van der Waals surface area contributed by atoms with Crippen molar-refractivity contribution in [3.63, 3.8) is 0 Å². The third kappa shape index (κ3) is 2.32. The lowest BCUT2D eigenvalue weighted by Gasteiger charge is -2.36. The van der Waals surface area contributed by atoms with Gasteiger partial charge in [-0.3, -0.25) is 5.84 Å². The largest absolute Gasteiger partial charge is 0.324 e. The summed E-state index contributed by atoms with van der Waals surface area (Å²) < 4.78 is 27.3. The van der Waals surface area contributed by atoms with Crippen molar-refractivity contribution < 1.29 is 8.42 Å². The minimum atomic E-state index is -3.38. The number of benzene rings is 1. The van der Waals surface area contributed by atoms with E-state index in [9.17, 15) is 8.42 Å². The SMILES string of the molecule is NNc1ccc(S(=O)(=O)N2CCCC3CCCC32)cc1. The fourth-order valence-electron chi connectivity index (χ4n) is 3.57. The number of hydrogen-bond acceptors (Lipinski definition) is 4. The van der Waals surface area contributed by atoms with Gasteiger partial charge in [0.15, 0.2) is 0 Å². The van der Waals surface area contributed by atoms with E-state index in [-0.39, 0.29) is 6.04 Å². The molecule has 5 nitrogen and oxygen atoms in total. The van der Waals surface area contributed by atoms with Crippen LogP contribution in [0, 0.1) is 5.92 Å². The second-order valence-corrected chi connectivity index (χ2v) is 7.58. The van der Waals surface area contributed by atoms with Gasteiger partial charge in [-0.15, -0.1) is 0 Å². The third-order valence-corrected chi connectivity index (χ3v) is 6.51. The number of sulfonamides is 1. The molecular formula is C14H21N3O2S. The molecule has 2 unspecified atom stereocenters. The lowest BCUT2D eigenvalue weighted by molar-refractivity contribution is 0.202. The normalized spacial score (nSPS) is 27.2. The molecule has 3 rings (SSSR count). The summed E-state index contributed by atoms with van der Waals surface area (Å²) in [4.78, 5) is 0.365. The zero-order chi connectivity index (χ0) is 14.2. The zero-order valence-corrected chi connectivity index (χ0v) is 12.3. The molecule has 0 radical (unpaired) electrons. The van der Waals surface area contributed by atoms with Crippen molar-refractivity contribution in [1.29, 1.82) is 0 Å². The lowest BCUT2D eigenvalue weighted by atomic mass is 9.94. The molecule has 3 N–H and O–H groups in total. The van der Waals surface area contributed by atoms with Crippen LogP contribution in [-0.2, 0) is 10.0 Å². The zero-order valence-electron chi connectivity index (χ0n) is 11.5. The molecule has 2 fully saturated rings. The van der Waals surface area contributed by atoms with Gasteiger partial charge in [-0.05, 0) is 55.9 Å². The highest BCUT2D eigenvalue weighted by Crippen LogP contribution is 2.39. The molecule has 1 aliphatic carbocycles. The Kier molecular flexibility index (Phi) is 3.70. The standard InChI is InChI=1S/C14H21N3O2S/c15-16-12-6-8-13(9-7-12)20(18,19)17-10-2-4-11-3-1-5-14(11)17/h6-9,11,14,16H,1-5,10,15H2. The molecule has 2 atom stereocenters. The van der Waals surface area contributed by atoms with Crippen LogP contribution in [0.15, 0.2) is 29.2 Å². The first kappa shape index (κ1) is 13.9. The van der Waals surface area contributed by atoms with Crippen molar-refractivity contribution in [1.82, 2.24) is 4.31 Å². The molecule has 2 aliphatic rings. The maximum atomic E-state index is 12.8. The van der Waals surface area contributed by atoms with Crippen LogP contribution in [0.25, 0.3) is 0 Å². The van der Waals surface area contributed by atoms with E-state index in [2.05, 4.69) is 5.43 Å². The molecule has 20 heavy (non-hydrogen) atoms. The fraction of sp³-hybridized carbons (Fsp3) is 0.571. The van der Waals surface area contributed by atoms with Crippen LogP contribution < -0.4 is 11.3 Å². The van der Waals surface area contributed by atoms with Crippen LogP contribution >= 0.6 is 0 Å². The lowest BCUT2D eigenvalue weighted by Crippen LogP contribution is -2.46. The summed E-state index contributed by atoms with van der Waals surface area (Å²) in [5, 5.41) is 0. The van der Waals surface area contributed by atoms with Gasteiger partial charge < -0.3 is 5.43 Å². The molecule has 0 aromatic heterocycles. The molecule has 6 heteroatoms. The smallest absolute Gasteiger partial charge is 0.243 e. The second kappa shape index (κ2) is 5.35. The van der Waals surface area contributed by atoms with Crippen molar-refractivity contribution in [2.45, 2.75) is 43.0 Å². The van der Waals surface area contributed by atoms with Crippen LogP contribution in [-0.4, -0.2) is 25.3 Å². The van der Waals surface area contributed by atoms with E-state index in [0.29, 0.717) is 23.0 Å². The maximum Gasteiger partial charge on any atom is 0.243 e. The molecule has 0 bridgehead atoms. The highest BCUT2D eigenvalue weighted by atomic mass is 32.2. The van der Waals surface area contributed by atoms with E-state index < -0.39 is 10.0 Å². The van der Waals surface area contributed by atoms with Gasteiger partial charge in [0.2, 0.25) is 10.0 Å². The number of anilines is 1. The number of nitrogens with one attached hydrogen (secondary N) is 1. The molecular weight excluding hydrogens is 274 g/mol. The Morgan fingerprint density at radius 1 is 1.10 bits per heavy atom. The highest BCUT2D eigenvalue weighted by molar-refractivity contribution is 7.89. The van der Waals surface area contributed by atoms with Gasteiger partial charge in [0, 0.05) is 18.3 Å². The van der Waals surface area contributed by atoms with Crippen LogP contribution in [0.2, 0.25) is 0 Å². The van der Waals surface area contributed by atoms with Crippen LogP contribution in [0.3, 0.4) is 0 Å². The van der Waals surface area contributed by atoms with Gasteiger partial charge in [0.25, 0.3) is 0 Å². The quantitative estimate of drug-likeness (QED) is 0.660. The van der Waals surface area contributed by atoms with Crippen molar-refractivity contribution in [3.05, 3.63) is 24.3 Å². The minimum Gasteiger partial charge on any atom is -0.324 e. The minimum absolute atomic E-state index is 0.209. The van der Waals surface area contributed by atoms with Crippen LogP contribution in [0.1, 0.15) is 32.1 Å². The van der Waals surface area contributed by atoms with Crippen molar-refractivity contribution in [3.8, 4) is 0 Å². The summed E-state index contributed by atoms with van der Waals surface area (Å²) in [7, 11) is -3.38. The van der Waals surface area contributed by atoms with Crippen molar-refractivity contribution in [2.24, 2.45) is 11.8 Å². The van der Waals surface area contributed by atoms with Crippen molar-refractivity contribution >= 4 is 15.7 Å². The number of rotatable bonds is 3. The summed E-state index contributed by atoms with van der Waals surface area (Å²) in [6.07, 6.45) is 5.48. The monoisotopic (exact) mass is 295 g/mol. The average Bonchev–Trinajstić information content (AvgIpc) is 2.95. The number of hydrazine groups is 1. The van der Waals surface area contributed by atoms with Gasteiger partial charge >= 0.3 is 0 Å². The summed E-state index contributed by atoms with van der Waals surface area (Å²) in [6.45, 7) is 0.653. The number of nitrogens with two attached hydrogens (primary N) is 1. The van der Waals surface area contributed by atoms with Crippen molar-refractivity contribution in [2.75, 3.05) is 12.0 Å². The molecule has 110 valence electrons. The number of nitrogen functional groups attached to an aromatic ring is 1. The molecule has 1 saturated heterocycles. The van der Waals surface area contributed by atoms with Crippen LogP contribution in [0.4, 0.5) is 5.69 Å². The Morgan fingerprint density at radius 2 is 1.80 bits per heavy atom. The average molecular weight is 295 g/mol. The van der Waals surface area contributed by atoms with Gasteiger partial charge in [0.1, 0.15) is 0 Å². The van der Waals surface area contributed by atoms with Gasteiger partial charge in [-0.1, -0.05) is 6.42 Å². The first-order valence-electron chi connectivity index (χ1n) is 7.21. The number of hydrogen-bond donors (Lipinski definition) is 2.